The Hall–Kier alpha value is -3.67. The van der Waals surface area contributed by atoms with Gasteiger partial charge in [-0.2, -0.15) is 0 Å². The first-order valence-corrected chi connectivity index (χ1v) is 33.7. The van der Waals surface area contributed by atoms with Gasteiger partial charge < -0.3 is 14.2 Å². The maximum atomic E-state index is 12.9. The summed E-state index contributed by atoms with van der Waals surface area (Å²) in [4.78, 5) is 38.3. The van der Waals surface area contributed by atoms with Crippen LogP contribution in [0.3, 0.4) is 0 Å². The molecule has 0 radical (unpaired) electrons. The summed E-state index contributed by atoms with van der Waals surface area (Å²) >= 11 is 0. The molecule has 6 heteroatoms. The number of hydrogen-bond acceptors (Lipinski definition) is 6. The van der Waals surface area contributed by atoms with E-state index in [-0.39, 0.29) is 31.1 Å². The molecule has 6 nitrogen and oxygen atoms in total. The number of carbonyl (C=O) groups is 3. The van der Waals surface area contributed by atoms with Crippen LogP contribution in [0.15, 0.2) is 97.2 Å². The topological polar surface area (TPSA) is 78.9 Å². The summed E-state index contributed by atoms with van der Waals surface area (Å²) in [5, 5.41) is 0. The third kappa shape index (κ3) is 65.0. The van der Waals surface area contributed by atoms with E-state index in [4.69, 9.17) is 14.2 Å². The minimum atomic E-state index is -0.784. The van der Waals surface area contributed by atoms with Gasteiger partial charge in [0.2, 0.25) is 0 Å². The van der Waals surface area contributed by atoms with Gasteiger partial charge >= 0.3 is 17.9 Å². The van der Waals surface area contributed by atoms with Crippen LogP contribution in [0.25, 0.3) is 0 Å². The molecule has 0 aromatic carbocycles. The van der Waals surface area contributed by atoms with Crippen LogP contribution in [0.4, 0.5) is 0 Å². The van der Waals surface area contributed by atoms with Crippen LogP contribution in [-0.2, 0) is 28.6 Å². The SMILES string of the molecule is CC/C=C\C/C=C\C/C=C\C/C=C\C/C=C\C/C=C\CCCCCCCCC(=O)OCC(COC(=O)CCCCCCCCCCCCC)OC(=O)CCCCCCCCCCCCCCC/C=C\C/C=C\CCCCCCC. The molecule has 454 valence electrons. The van der Waals surface area contributed by atoms with Crippen molar-refractivity contribution in [1.82, 2.24) is 0 Å². The van der Waals surface area contributed by atoms with Gasteiger partial charge in [-0.1, -0.05) is 304 Å². The molecule has 0 aliphatic rings. The smallest absolute Gasteiger partial charge is 0.306 e. The number of carbonyl (C=O) groups excluding carboxylic acids is 3. The molecular formula is C73H126O6. The summed E-state index contributed by atoms with van der Waals surface area (Å²) < 4.78 is 16.9. The Labute approximate surface area is 489 Å². The van der Waals surface area contributed by atoms with Crippen LogP contribution < -0.4 is 0 Å². The van der Waals surface area contributed by atoms with E-state index in [1.165, 1.54) is 173 Å². The van der Waals surface area contributed by atoms with Gasteiger partial charge in [-0.25, -0.2) is 0 Å². The highest BCUT2D eigenvalue weighted by Crippen LogP contribution is 2.17. The number of unbranched alkanes of at least 4 members (excludes halogenated alkanes) is 34. The molecule has 0 saturated heterocycles. The first-order valence-electron chi connectivity index (χ1n) is 33.7. The fourth-order valence-electron chi connectivity index (χ4n) is 9.54. The zero-order chi connectivity index (χ0) is 57.1. The first-order chi connectivity index (χ1) is 39.0. The zero-order valence-electron chi connectivity index (χ0n) is 52.1. The van der Waals surface area contributed by atoms with E-state index in [0.717, 1.165) is 116 Å². The van der Waals surface area contributed by atoms with E-state index in [1.807, 2.05) is 0 Å². The quantitative estimate of drug-likeness (QED) is 0.0261. The average Bonchev–Trinajstić information content (AvgIpc) is 3.45. The second kappa shape index (κ2) is 66.8. The number of hydrogen-bond donors (Lipinski definition) is 0. The molecule has 0 amide bonds. The Morgan fingerprint density at radius 2 is 0.494 bits per heavy atom. The van der Waals surface area contributed by atoms with Gasteiger partial charge in [-0.05, 0) is 103 Å². The maximum Gasteiger partial charge on any atom is 0.306 e. The van der Waals surface area contributed by atoms with Crippen molar-refractivity contribution >= 4 is 17.9 Å². The molecule has 1 unspecified atom stereocenters. The standard InChI is InChI=1S/C73H126O6/c1-4-7-10-13-16-19-22-24-26-28-30-32-34-36-38-40-42-44-46-48-51-54-57-60-63-66-72(75)78-69-70(68-77-71(74)65-62-59-56-53-50-21-18-15-12-9-6-3)79-73(76)67-64-61-58-55-52-49-47-45-43-41-39-37-35-33-31-29-27-25-23-20-17-14-11-8-5-2/h7,10,16,19,23-26,29-32,36,38,42,44,70H,4-6,8-9,11-15,17-18,20-22,27-28,33-35,37,39-41,43,45-69H2,1-3H3/b10-7-,19-16-,25-23-,26-24-,31-29-,32-30-,38-36-,44-42-. The molecule has 0 aromatic rings. The highest BCUT2D eigenvalue weighted by molar-refractivity contribution is 5.71. The van der Waals surface area contributed by atoms with E-state index < -0.39 is 6.10 Å². The first kappa shape index (κ1) is 75.3. The zero-order valence-corrected chi connectivity index (χ0v) is 52.1. The minimum absolute atomic E-state index is 0.0797. The van der Waals surface area contributed by atoms with Crippen LogP contribution in [-0.4, -0.2) is 37.2 Å². The Morgan fingerprint density at radius 3 is 0.772 bits per heavy atom. The summed E-state index contributed by atoms with van der Waals surface area (Å²) in [6.45, 7) is 6.53. The maximum absolute atomic E-state index is 12.9. The lowest BCUT2D eigenvalue weighted by atomic mass is 10.0. The second-order valence-electron chi connectivity index (χ2n) is 22.4. The fourth-order valence-corrected chi connectivity index (χ4v) is 9.54. The summed E-state index contributed by atoms with van der Waals surface area (Å²) in [6, 6.07) is 0. The molecule has 0 saturated carbocycles. The van der Waals surface area contributed by atoms with Gasteiger partial charge in [0.15, 0.2) is 6.10 Å². The lowest BCUT2D eigenvalue weighted by molar-refractivity contribution is -0.167. The van der Waals surface area contributed by atoms with Crippen molar-refractivity contribution in [2.75, 3.05) is 13.2 Å². The minimum Gasteiger partial charge on any atom is -0.462 e. The Balaban J connectivity index is 4.29. The molecule has 0 rings (SSSR count). The Bertz CT molecular complexity index is 1540. The number of esters is 3. The molecule has 0 aromatic heterocycles. The lowest BCUT2D eigenvalue weighted by Gasteiger charge is -2.18. The Kier molecular flexibility index (Phi) is 63.7. The van der Waals surface area contributed by atoms with Crippen LogP contribution in [0.5, 0.6) is 0 Å². The fraction of sp³-hybridized carbons (Fsp3) is 0.740. The van der Waals surface area contributed by atoms with Crippen LogP contribution in [0.1, 0.15) is 329 Å². The normalized spacial score (nSPS) is 12.7. The molecule has 0 aliphatic heterocycles. The third-order valence-corrected chi connectivity index (χ3v) is 14.6. The summed E-state index contributed by atoms with van der Waals surface area (Å²) in [6.07, 6.45) is 89.9. The van der Waals surface area contributed by atoms with Crippen molar-refractivity contribution in [2.45, 2.75) is 335 Å². The van der Waals surface area contributed by atoms with Crippen LogP contribution in [0.2, 0.25) is 0 Å². The average molecular weight is 1100 g/mol. The van der Waals surface area contributed by atoms with E-state index in [9.17, 15) is 14.4 Å². The summed E-state index contributed by atoms with van der Waals surface area (Å²) in [5.74, 6) is -0.884. The van der Waals surface area contributed by atoms with Crippen molar-refractivity contribution in [3.05, 3.63) is 97.2 Å². The monoisotopic (exact) mass is 1100 g/mol. The summed E-state index contributed by atoms with van der Waals surface area (Å²) in [7, 11) is 0. The largest absolute Gasteiger partial charge is 0.462 e. The van der Waals surface area contributed by atoms with Gasteiger partial charge in [0.05, 0.1) is 0 Å². The molecule has 0 fully saturated rings. The van der Waals surface area contributed by atoms with Gasteiger partial charge in [0.1, 0.15) is 13.2 Å². The lowest BCUT2D eigenvalue weighted by Crippen LogP contribution is -2.30. The van der Waals surface area contributed by atoms with Crippen molar-refractivity contribution in [1.29, 1.82) is 0 Å². The van der Waals surface area contributed by atoms with Crippen molar-refractivity contribution in [2.24, 2.45) is 0 Å². The van der Waals surface area contributed by atoms with E-state index in [1.54, 1.807) is 0 Å². The molecule has 0 spiro atoms. The molecule has 0 bridgehead atoms. The molecule has 0 N–H and O–H groups in total. The molecule has 79 heavy (non-hydrogen) atoms. The number of rotatable bonds is 61. The van der Waals surface area contributed by atoms with Crippen LogP contribution >= 0.6 is 0 Å². The highest BCUT2D eigenvalue weighted by Gasteiger charge is 2.19. The third-order valence-electron chi connectivity index (χ3n) is 14.6. The van der Waals surface area contributed by atoms with Gasteiger partial charge in [0.25, 0.3) is 0 Å². The Morgan fingerprint density at radius 1 is 0.266 bits per heavy atom. The van der Waals surface area contributed by atoms with Crippen molar-refractivity contribution in [3.63, 3.8) is 0 Å². The van der Waals surface area contributed by atoms with E-state index >= 15 is 0 Å². The van der Waals surface area contributed by atoms with Gasteiger partial charge in [0, 0.05) is 19.3 Å². The van der Waals surface area contributed by atoms with E-state index in [2.05, 4.69) is 118 Å². The van der Waals surface area contributed by atoms with Crippen LogP contribution in [0, 0.1) is 0 Å². The van der Waals surface area contributed by atoms with Gasteiger partial charge in [-0.3, -0.25) is 14.4 Å². The predicted octanol–water partition coefficient (Wildman–Crippen LogP) is 23.2. The van der Waals surface area contributed by atoms with Crippen molar-refractivity contribution in [3.8, 4) is 0 Å². The highest BCUT2D eigenvalue weighted by atomic mass is 16.6. The molecule has 1 atom stereocenters. The molecule has 0 aliphatic carbocycles. The molecule has 0 heterocycles. The summed E-state index contributed by atoms with van der Waals surface area (Å²) in [5.41, 5.74) is 0. The van der Waals surface area contributed by atoms with Crippen molar-refractivity contribution < 1.29 is 28.6 Å². The number of ether oxygens (including phenoxy) is 3. The van der Waals surface area contributed by atoms with Gasteiger partial charge in [-0.15, -0.1) is 0 Å². The van der Waals surface area contributed by atoms with E-state index in [0.29, 0.717) is 19.3 Å². The second-order valence-corrected chi connectivity index (χ2v) is 22.4. The molecular weight excluding hydrogens is 973 g/mol. The number of allylic oxidation sites excluding steroid dienone is 16. The predicted molar refractivity (Wildman–Crippen MR) is 344 cm³/mol.